The van der Waals surface area contributed by atoms with Gasteiger partial charge in [0.05, 0.1) is 30.4 Å². The van der Waals surface area contributed by atoms with E-state index in [9.17, 15) is 24.5 Å². The van der Waals surface area contributed by atoms with Gasteiger partial charge in [-0.25, -0.2) is 4.39 Å². The molecule has 0 spiro atoms. The second kappa shape index (κ2) is 8.94. The molecule has 1 aromatic rings. The van der Waals surface area contributed by atoms with E-state index in [0.717, 1.165) is 0 Å². The summed E-state index contributed by atoms with van der Waals surface area (Å²) in [5.74, 6) is -3.48. The van der Waals surface area contributed by atoms with Gasteiger partial charge in [-0.15, -0.1) is 0 Å². The number of halogens is 1. The van der Waals surface area contributed by atoms with E-state index in [-0.39, 0.29) is 18.1 Å². The van der Waals surface area contributed by atoms with E-state index in [0.29, 0.717) is 6.42 Å². The van der Waals surface area contributed by atoms with Gasteiger partial charge in [0, 0.05) is 11.5 Å². The van der Waals surface area contributed by atoms with Gasteiger partial charge < -0.3 is 40.2 Å². The number of amides is 1. The third-order valence-corrected chi connectivity index (χ3v) is 6.84. The van der Waals surface area contributed by atoms with Gasteiger partial charge in [0.2, 0.25) is 12.1 Å². The summed E-state index contributed by atoms with van der Waals surface area (Å²) in [7, 11) is 1.65. The molecule has 3 unspecified atom stereocenters. The zero-order valence-electron chi connectivity index (χ0n) is 18.3. The van der Waals surface area contributed by atoms with E-state index in [1.807, 2.05) is 6.92 Å². The molecule has 1 saturated carbocycles. The van der Waals surface area contributed by atoms with Crippen LogP contribution in [0.25, 0.3) is 0 Å². The fourth-order valence-corrected chi connectivity index (χ4v) is 5.08. The Morgan fingerprint density at radius 3 is 2.50 bits per heavy atom. The van der Waals surface area contributed by atoms with Crippen molar-refractivity contribution in [2.75, 3.05) is 7.05 Å². The topological polar surface area (TPSA) is 130 Å². The first kappa shape index (κ1) is 23.5. The van der Waals surface area contributed by atoms with Crippen molar-refractivity contribution in [3.8, 4) is 0 Å². The van der Waals surface area contributed by atoms with Crippen LogP contribution in [0.1, 0.15) is 37.0 Å². The van der Waals surface area contributed by atoms with Crippen molar-refractivity contribution in [2.45, 2.75) is 81.4 Å². The van der Waals surface area contributed by atoms with Crippen molar-refractivity contribution in [1.82, 2.24) is 10.6 Å². The molecule has 32 heavy (non-hydrogen) atoms. The molecule has 0 radical (unpaired) electrons. The quantitative estimate of drug-likeness (QED) is 0.426. The lowest BCUT2D eigenvalue weighted by molar-refractivity contribution is -0.450. The van der Waals surface area contributed by atoms with Crippen LogP contribution in [-0.4, -0.2) is 83.0 Å². The van der Waals surface area contributed by atoms with Gasteiger partial charge >= 0.3 is 0 Å². The van der Waals surface area contributed by atoms with E-state index in [2.05, 4.69) is 10.6 Å². The molecule has 1 aromatic carbocycles. The molecule has 2 heterocycles. The number of carbonyl (C=O) groups is 1. The molecule has 5 N–H and O–H groups in total. The Hall–Kier alpha value is -1.66. The van der Waals surface area contributed by atoms with Crippen LogP contribution in [0.2, 0.25) is 0 Å². The van der Waals surface area contributed by atoms with Gasteiger partial charge in [0.15, 0.2) is 0 Å². The summed E-state index contributed by atoms with van der Waals surface area (Å²) in [6, 6.07) is 3.52. The van der Waals surface area contributed by atoms with Gasteiger partial charge in [-0.2, -0.15) is 0 Å². The lowest BCUT2D eigenvalue weighted by Gasteiger charge is -2.58. The number of aliphatic hydroxyl groups excluding tert-OH is 2. The maximum Gasteiger partial charge on any atom is 0.251 e. The van der Waals surface area contributed by atoms with Crippen molar-refractivity contribution >= 4 is 5.91 Å². The molecule has 2 aliphatic heterocycles. The largest absolute Gasteiger partial charge is 0.391 e. The Morgan fingerprint density at radius 2 is 1.88 bits per heavy atom. The number of hydrogen-bond acceptors (Lipinski definition) is 8. The number of nitrogens with one attached hydrogen (secondary N) is 2. The maximum atomic E-state index is 13.2. The van der Waals surface area contributed by atoms with Gasteiger partial charge in [0.1, 0.15) is 18.0 Å². The molecule has 9 nitrogen and oxygen atoms in total. The summed E-state index contributed by atoms with van der Waals surface area (Å²) in [4.78, 5) is 12.8. The number of ether oxygens (including phenoxy) is 3. The van der Waals surface area contributed by atoms with Crippen LogP contribution >= 0.6 is 0 Å². The second-order valence-electron chi connectivity index (χ2n) is 8.85. The minimum atomic E-state index is -2.06. The molecule has 3 fully saturated rings. The Kier molecular flexibility index (Phi) is 6.56. The number of fused-ring (bicyclic) bond motifs is 2. The number of aliphatic hydroxyl groups is 3. The normalized spacial score (nSPS) is 43.8. The Labute approximate surface area is 185 Å². The van der Waals surface area contributed by atoms with E-state index < -0.39 is 66.2 Å². The van der Waals surface area contributed by atoms with Gasteiger partial charge in [-0.3, -0.25) is 4.79 Å². The smallest absolute Gasteiger partial charge is 0.251 e. The summed E-state index contributed by atoms with van der Waals surface area (Å²) in [5.41, 5.74) is 0.225. The molecule has 3 aliphatic rings. The molecule has 2 saturated heterocycles. The number of benzene rings is 1. The summed E-state index contributed by atoms with van der Waals surface area (Å²) >= 11 is 0. The fraction of sp³-hybridized carbons (Fsp3) is 0.682. The summed E-state index contributed by atoms with van der Waals surface area (Å²) in [5, 5.41) is 38.9. The van der Waals surface area contributed by atoms with Crippen molar-refractivity contribution in [1.29, 1.82) is 0 Å². The Balaban J connectivity index is 1.60. The summed E-state index contributed by atoms with van der Waals surface area (Å²) < 4.78 is 31.1. The second-order valence-corrected chi connectivity index (χ2v) is 8.85. The van der Waals surface area contributed by atoms with Crippen molar-refractivity contribution in [2.24, 2.45) is 5.92 Å². The standard InChI is InChI=1S/C22H31FN2O7/c1-4-13-16(26)15(24-3)18-19(17(13)27)31-21-22(29,32-18)14(9-10(2)30-21)25-20(28)11-5-7-12(23)8-6-11/h5-8,10,13-19,21,24,26-27,29H,4,9H2,1-3H3,(H,25,28)/t10-,13-,14-,15+,16+,17+,18?,19?,21?,22+/m1/s1. The van der Waals surface area contributed by atoms with Gasteiger partial charge in [0.25, 0.3) is 5.91 Å². The Bertz CT molecular complexity index is 827. The maximum absolute atomic E-state index is 13.2. The highest BCUT2D eigenvalue weighted by Crippen LogP contribution is 2.43. The highest BCUT2D eigenvalue weighted by atomic mass is 19.1. The zero-order chi connectivity index (χ0) is 23.2. The Morgan fingerprint density at radius 1 is 1.19 bits per heavy atom. The minimum Gasteiger partial charge on any atom is -0.391 e. The molecular formula is C22H31FN2O7. The van der Waals surface area contributed by atoms with Crippen LogP contribution in [-0.2, 0) is 14.2 Å². The number of rotatable bonds is 4. The van der Waals surface area contributed by atoms with Crippen molar-refractivity contribution in [3.05, 3.63) is 35.6 Å². The van der Waals surface area contributed by atoms with E-state index in [4.69, 9.17) is 14.2 Å². The van der Waals surface area contributed by atoms with Crippen LogP contribution in [0, 0.1) is 11.7 Å². The predicted molar refractivity (Wildman–Crippen MR) is 110 cm³/mol. The first-order valence-electron chi connectivity index (χ1n) is 11.0. The number of likely N-dealkylation sites (N-methyl/N-ethyl adjacent to an activating group) is 1. The van der Waals surface area contributed by atoms with Crippen LogP contribution in [0.3, 0.4) is 0 Å². The molecule has 1 aliphatic carbocycles. The highest BCUT2D eigenvalue weighted by Gasteiger charge is 2.63. The molecule has 4 rings (SSSR count). The molecular weight excluding hydrogens is 423 g/mol. The van der Waals surface area contributed by atoms with Crippen LogP contribution in [0.4, 0.5) is 4.39 Å². The van der Waals surface area contributed by atoms with E-state index in [1.165, 1.54) is 24.3 Å². The molecule has 1 amide bonds. The summed E-state index contributed by atoms with van der Waals surface area (Å²) in [6.45, 7) is 3.64. The third-order valence-electron chi connectivity index (χ3n) is 6.84. The van der Waals surface area contributed by atoms with Gasteiger partial charge in [-0.05, 0) is 51.1 Å². The molecule has 0 aromatic heterocycles. The molecule has 10 atom stereocenters. The third kappa shape index (κ3) is 3.94. The SMILES string of the molecule is CC[C@@H]1[C@H](O)[C@H](NC)C2O[C@]3(O)C(OC2[C@H]1O)O[C@H](C)C[C@H]3NC(=O)c1ccc(F)cc1. The number of carbonyl (C=O) groups excluding carboxylic acids is 1. The number of hydrogen-bond donors (Lipinski definition) is 5. The first-order valence-corrected chi connectivity index (χ1v) is 11.0. The average Bonchev–Trinajstić information content (AvgIpc) is 2.75. The lowest BCUT2D eigenvalue weighted by Crippen LogP contribution is -2.77. The molecule has 10 heteroatoms. The predicted octanol–water partition coefficient (Wildman–Crippen LogP) is -0.119. The van der Waals surface area contributed by atoms with E-state index >= 15 is 0 Å². The highest BCUT2D eigenvalue weighted by molar-refractivity contribution is 5.94. The lowest BCUT2D eigenvalue weighted by atomic mass is 9.74. The summed E-state index contributed by atoms with van der Waals surface area (Å²) in [6.07, 6.45) is -4.58. The van der Waals surface area contributed by atoms with Crippen LogP contribution in [0.15, 0.2) is 24.3 Å². The van der Waals surface area contributed by atoms with Crippen molar-refractivity contribution < 1.29 is 38.7 Å². The van der Waals surface area contributed by atoms with Gasteiger partial charge in [-0.1, -0.05) is 6.92 Å². The minimum absolute atomic E-state index is 0.225. The van der Waals surface area contributed by atoms with Crippen LogP contribution in [0.5, 0.6) is 0 Å². The van der Waals surface area contributed by atoms with Crippen LogP contribution < -0.4 is 10.6 Å². The molecule has 0 bridgehead atoms. The first-order chi connectivity index (χ1) is 15.2. The average molecular weight is 454 g/mol. The van der Waals surface area contributed by atoms with Crippen molar-refractivity contribution in [3.63, 3.8) is 0 Å². The molecule has 178 valence electrons. The van der Waals surface area contributed by atoms with E-state index in [1.54, 1.807) is 14.0 Å². The zero-order valence-corrected chi connectivity index (χ0v) is 18.3. The fourth-order valence-electron chi connectivity index (χ4n) is 5.08. The monoisotopic (exact) mass is 454 g/mol.